The van der Waals surface area contributed by atoms with Crippen LogP contribution < -0.4 is 11.4 Å². The zero-order valence-corrected chi connectivity index (χ0v) is 13.4. The van der Waals surface area contributed by atoms with Crippen molar-refractivity contribution in [2.45, 2.75) is 38.2 Å². The first-order valence-corrected chi connectivity index (χ1v) is 9.02. The smallest absolute Gasteiger partial charge is 0.351 e. The molecular formula is C11H18N3O5PS. The van der Waals surface area contributed by atoms with Gasteiger partial charge in [-0.05, 0) is 24.3 Å². The van der Waals surface area contributed by atoms with E-state index in [4.69, 9.17) is 31.3 Å². The van der Waals surface area contributed by atoms with Crippen LogP contribution in [-0.4, -0.2) is 33.8 Å². The number of nitrogen functional groups attached to an aromatic ring is 1. The van der Waals surface area contributed by atoms with Gasteiger partial charge in [0.05, 0.1) is 12.2 Å². The van der Waals surface area contributed by atoms with Crippen molar-refractivity contribution in [3.63, 3.8) is 0 Å². The zero-order chi connectivity index (χ0) is 15.6. The van der Waals surface area contributed by atoms with Gasteiger partial charge in [-0.3, -0.25) is 4.57 Å². The van der Waals surface area contributed by atoms with E-state index in [2.05, 4.69) is 4.98 Å². The molecule has 2 rings (SSSR count). The highest BCUT2D eigenvalue weighted by molar-refractivity contribution is 8.07. The second-order valence-corrected chi connectivity index (χ2v) is 7.51. The molecule has 0 aromatic carbocycles. The molecule has 1 aliphatic rings. The molecule has 1 aromatic rings. The lowest BCUT2D eigenvalue weighted by Gasteiger charge is -2.21. The lowest BCUT2D eigenvalue weighted by Crippen LogP contribution is -2.27. The van der Waals surface area contributed by atoms with Gasteiger partial charge in [-0.25, -0.2) is 4.79 Å². The van der Waals surface area contributed by atoms with Gasteiger partial charge >= 0.3 is 12.4 Å². The third kappa shape index (κ3) is 3.88. The molecule has 3 N–H and O–H groups in total. The zero-order valence-electron chi connectivity index (χ0n) is 11.7. The Bertz CT molecular complexity index is 610. The number of anilines is 1. The fourth-order valence-corrected chi connectivity index (χ4v) is 3.19. The van der Waals surface area contributed by atoms with Crippen LogP contribution in [0.15, 0.2) is 17.1 Å². The Kier molecular flexibility index (Phi) is 5.13. The normalized spacial score (nSPS) is 28.4. The molecule has 1 aliphatic heterocycles. The van der Waals surface area contributed by atoms with E-state index in [1.807, 2.05) is 6.92 Å². The fourth-order valence-electron chi connectivity index (χ4n) is 2.20. The number of ether oxygens (including phenoxy) is 1. The minimum absolute atomic E-state index is 0.152. The van der Waals surface area contributed by atoms with Gasteiger partial charge in [-0.15, -0.1) is 0 Å². The summed E-state index contributed by atoms with van der Waals surface area (Å²) in [6.45, 7) is -1.36. The van der Waals surface area contributed by atoms with Gasteiger partial charge in [0.2, 0.25) is 0 Å². The van der Waals surface area contributed by atoms with Crippen LogP contribution in [0.3, 0.4) is 0 Å². The predicted octanol–water partition coefficient (Wildman–Crippen LogP) is 0.771. The van der Waals surface area contributed by atoms with Crippen LogP contribution >= 0.6 is 6.72 Å². The van der Waals surface area contributed by atoms with Crippen molar-refractivity contribution in [3.8, 4) is 0 Å². The third-order valence-corrected chi connectivity index (χ3v) is 4.95. The molecule has 1 unspecified atom stereocenters. The highest BCUT2D eigenvalue weighted by atomic mass is 32.5. The molecule has 10 heteroatoms. The van der Waals surface area contributed by atoms with E-state index in [1.165, 1.54) is 23.9 Å². The number of hydrogen-bond acceptors (Lipinski definition) is 7. The summed E-state index contributed by atoms with van der Waals surface area (Å²) in [5, 5.41) is 0. The minimum atomic E-state index is -3.28. The van der Waals surface area contributed by atoms with Crippen molar-refractivity contribution in [3.05, 3.63) is 22.7 Å². The third-order valence-electron chi connectivity index (χ3n) is 3.24. The van der Waals surface area contributed by atoms with Gasteiger partial charge in [0.1, 0.15) is 12.0 Å². The summed E-state index contributed by atoms with van der Waals surface area (Å²) >= 11 is 4.85. The summed E-state index contributed by atoms with van der Waals surface area (Å²) in [5.41, 5.74) is 4.96. The number of hydrogen-bond donors (Lipinski definition) is 2. The summed E-state index contributed by atoms with van der Waals surface area (Å²) in [6, 6.07) is 1.52. The van der Waals surface area contributed by atoms with Gasteiger partial charge in [0.15, 0.2) is 0 Å². The van der Waals surface area contributed by atoms with Crippen LogP contribution in [0.1, 0.15) is 26.0 Å². The van der Waals surface area contributed by atoms with Crippen LogP contribution in [-0.2, 0) is 25.6 Å². The standard InChI is InChI=1S/C11H18N3O5PS/c1-3-7-8(19-20(16,21)17-2)6-10(18-7)14-5-4-9(12)13-11(14)15/h4-5,7-8,10H,3,6H2,1-2H3,(H,16,21)(H2,12,13,15)/t7-,8-,10-,20?/m1/s1. The van der Waals surface area contributed by atoms with Crippen LogP contribution in [0.4, 0.5) is 5.82 Å². The minimum Gasteiger partial charge on any atom is -0.383 e. The lowest BCUT2D eigenvalue weighted by molar-refractivity contribution is -0.0198. The van der Waals surface area contributed by atoms with E-state index >= 15 is 0 Å². The van der Waals surface area contributed by atoms with Crippen LogP contribution in [0.2, 0.25) is 0 Å². The van der Waals surface area contributed by atoms with E-state index in [9.17, 15) is 9.69 Å². The summed E-state index contributed by atoms with van der Waals surface area (Å²) < 4.78 is 17.3. The average molecular weight is 335 g/mol. The number of nitrogens with two attached hydrogens (primary N) is 1. The molecule has 0 amide bonds. The van der Waals surface area contributed by atoms with Crippen LogP contribution in [0.25, 0.3) is 0 Å². The van der Waals surface area contributed by atoms with Crippen molar-refractivity contribution >= 4 is 24.3 Å². The van der Waals surface area contributed by atoms with Crippen molar-refractivity contribution in [2.24, 2.45) is 0 Å². The molecule has 0 saturated carbocycles. The molecule has 8 nitrogen and oxygen atoms in total. The topological polar surface area (TPSA) is 109 Å². The molecule has 0 bridgehead atoms. The van der Waals surface area contributed by atoms with E-state index in [0.29, 0.717) is 12.8 Å². The van der Waals surface area contributed by atoms with E-state index in [1.54, 1.807) is 0 Å². The molecular weight excluding hydrogens is 317 g/mol. The molecule has 2 heterocycles. The van der Waals surface area contributed by atoms with E-state index in [0.717, 1.165) is 0 Å². The number of nitrogens with zero attached hydrogens (tertiary/aromatic N) is 2. The molecule has 1 fully saturated rings. The Morgan fingerprint density at radius 3 is 3.00 bits per heavy atom. The maximum atomic E-state index is 11.8. The Morgan fingerprint density at radius 1 is 1.71 bits per heavy atom. The van der Waals surface area contributed by atoms with Crippen molar-refractivity contribution in [1.29, 1.82) is 0 Å². The van der Waals surface area contributed by atoms with Gasteiger partial charge in [0.25, 0.3) is 0 Å². The highest BCUT2D eigenvalue weighted by Gasteiger charge is 2.39. The van der Waals surface area contributed by atoms with Crippen LogP contribution in [0, 0.1) is 0 Å². The summed E-state index contributed by atoms with van der Waals surface area (Å²) in [4.78, 5) is 25.3. The lowest BCUT2D eigenvalue weighted by atomic mass is 10.1. The summed E-state index contributed by atoms with van der Waals surface area (Å²) in [7, 11) is 1.30. The molecule has 4 atom stereocenters. The van der Waals surface area contributed by atoms with Gasteiger partial charge in [0, 0.05) is 19.7 Å². The highest BCUT2D eigenvalue weighted by Crippen LogP contribution is 2.48. The molecule has 1 saturated heterocycles. The molecule has 0 radical (unpaired) electrons. The molecule has 21 heavy (non-hydrogen) atoms. The van der Waals surface area contributed by atoms with Crippen molar-refractivity contribution in [2.75, 3.05) is 12.8 Å². The van der Waals surface area contributed by atoms with Crippen LogP contribution in [0.5, 0.6) is 0 Å². The Morgan fingerprint density at radius 2 is 2.43 bits per heavy atom. The van der Waals surface area contributed by atoms with Gasteiger partial charge < -0.3 is 24.4 Å². The number of rotatable bonds is 5. The van der Waals surface area contributed by atoms with Gasteiger partial charge in [-0.2, -0.15) is 4.98 Å². The Labute approximate surface area is 127 Å². The first kappa shape index (κ1) is 16.5. The maximum absolute atomic E-state index is 11.8. The molecule has 1 aromatic heterocycles. The maximum Gasteiger partial charge on any atom is 0.351 e. The molecule has 0 spiro atoms. The molecule has 0 aliphatic carbocycles. The summed E-state index contributed by atoms with van der Waals surface area (Å²) in [6.07, 6.45) is 1.27. The Balaban J connectivity index is 2.18. The van der Waals surface area contributed by atoms with Crippen molar-refractivity contribution in [1.82, 2.24) is 9.55 Å². The van der Waals surface area contributed by atoms with E-state index < -0.39 is 24.7 Å². The molecule has 118 valence electrons. The largest absolute Gasteiger partial charge is 0.383 e. The van der Waals surface area contributed by atoms with Crippen molar-refractivity contribution < 1.29 is 18.7 Å². The van der Waals surface area contributed by atoms with Gasteiger partial charge in [-0.1, -0.05) is 6.92 Å². The SMILES string of the molecule is CC[C@H]1O[C@@H](n2ccc(N)nc2=O)C[C@H]1OP(O)(=S)OC. The monoisotopic (exact) mass is 335 g/mol. The first-order chi connectivity index (χ1) is 9.86. The summed E-state index contributed by atoms with van der Waals surface area (Å²) in [5.74, 6) is 0.152. The van der Waals surface area contributed by atoms with E-state index in [-0.39, 0.29) is 11.9 Å². The predicted molar refractivity (Wildman–Crippen MR) is 80.1 cm³/mol. The second-order valence-electron chi connectivity index (χ2n) is 4.61. The number of aromatic nitrogens is 2. The average Bonchev–Trinajstić information content (AvgIpc) is 2.80. The Hall–Kier alpha value is -0.830. The quantitative estimate of drug-likeness (QED) is 0.760. The fraction of sp³-hybridized carbons (Fsp3) is 0.636. The first-order valence-electron chi connectivity index (χ1n) is 6.43. The second kappa shape index (κ2) is 6.51.